The van der Waals surface area contributed by atoms with E-state index in [1.807, 2.05) is 23.9 Å². The molecule has 1 aromatic carbocycles. The van der Waals surface area contributed by atoms with Crippen molar-refractivity contribution in [3.8, 4) is 6.07 Å². The molecule has 0 radical (unpaired) electrons. The summed E-state index contributed by atoms with van der Waals surface area (Å²) in [6.07, 6.45) is 2.48. The first kappa shape index (κ1) is 12.4. The highest BCUT2D eigenvalue weighted by molar-refractivity contribution is 7.99. The lowest BCUT2D eigenvalue weighted by molar-refractivity contribution is 0.425. The number of imidazole rings is 1. The van der Waals surface area contributed by atoms with Crippen LogP contribution in [0.5, 0.6) is 0 Å². The minimum Gasteiger partial charge on any atom is -0.369 e. The maximum atomic E-state index is 9.00. The lowest BCUT2D eigenvalue weighted by Crippen LogP contribution is -2.17. The zero-order valence-corrected chi connectivity index (χ0v) is 11.5. The van der Waals surface area contributed by atoms with Gasteiger partial charge in [0.1, 0.15) is 0 Å². The van der Waals surface area contributed by atoms with Crippen LogP contribution >= 0.6 is 11.8 Å². The number of thioether (sulfide) groups is 1. The van der Waals surface area contributed by atoms with Crippen LogP contribution in [0.25, 0.3) is 11.0 Å². The van der Waals surface area contributed by atoms with E-state index in [2.05, 4.69) is 15.6 Å². The molecule has 2 aromatic rings. The third-order valence-corrected chi connectivity index (χ3v) is 4.74. The maximum absolute atomic E-state index is 9.00. The van der Waals surface area contributed by atoms with Gasteiger partial charge in [0.15, 0.2) is 0 Å². The summed E-state index contributed by atoms with van der Waals surface area (Å²) >= 11 is 2.03. The van der Waals surface area contributed by atoms with Crippen molar-refractivity contribution < 1.29 is 0 Å². The number of aromatic nitrogens is 2. The fraction of sp³-hybridized carbons (Fsp3) is 0.429. The van der Waals surface area contributed by atoms with Gasteiger partial charge in [-0.15, -0.1) is 0 Å². The topological polar surface area (TPSA) is 67.6 Å². The van der Waals surface area contributed by atoms with Crippen molar-refractivity contribution >= 4 is 28.7 Å². The number of hydrogen-bond donors (Lipinski definition) is 1. The van der Waals surface area contributed by atoms with Gasteiger partial charge in [0.25, 0.3) is 0 Å². The van der Waals surface area contributed by atoms with Gasteiger partial charge in [-0.1, -0.05) is 0 Å². The number of fused-ring (bicyclic) bond motifs is 1. The van der Waals surface area contributed by atoms with Gasteiger partial charge in [0.05, 0.1) is 22.7 Å². The summed E-state index contributed by atoms with van der Waals surface area (Å²) < 4.78 is 2.07. The Morgan fingerprint density at radius 2 is 2.21 bits per heavy atom. The van der Waals surface area contributed by atoms with Crippen LogP contribution in [0.1, 0.15) is 18.4 Å². The zero-order valence-electron chi connectivity index (χ0n) is 10.7. The first-order valence-corrected chi connectivity index (χ1v) is 7.67. The molecule has 2 heterocycles. The highest BCUT2D eigenvalue weighted by atomic mass is 32.2. The minimum absolute atomic E-state index is 0.559. The molecule has 1 fully saturated rings. The van der Waals surface area contributed by atoms with E-state index in [1.165, 1.54) is 24.3 Å². The summed E-state index contributed by atoms with van der Waals surface area (Å²) in [6.45, 7) is 0.914. The van der Waals surface area contributed by atoms with Gasteiger partial charge >= 0.3 is 0 Å². The van der Waals surface area contributed by atoms with E-state index in [0.29, 0.717) is 17.4 Å². The predicted octanol–water partition coefficient (Wildman–Crippen LogP) is 2.63. The summed E-state index contributed by atoms with van der Waals surface area (Å²) in [5.74, 6) is 3.70. The number of nitriles is 1. The van der Waals surface area contributed by atoms with Gasteiger partial charge in [0.2, 0.25) is 5.95 Å². The standard InChI is InChI=1S/C14H16N4S/c15-8-11-1-2-12-13(7-11)18(14(16)17-12)9-10-3-5-19-6-4-10/h1-2,7,10H,3-6,9H2,(H2,16,17). The van der Waals surface area contributed by atoms with Gasteiger partial charge in [0, 0.05) is 6.54 Å². The summed E-state index contributed by atoms with van der Waals surface area (Å²) in [7, 11) is 0. The fourth-order valence-electron chi connectivity index (χ4n) is 2.59. The second-order valence-electron chi connectivity index (χ2n) is 4.95. The lowest BCUT2D eigenvalue weighted by atomic mass is 10.0. The molecule has 0 bridgehead atoms. The molecule has 5 heteroatoms. The monoisotopic (exact) mass is 272 g/mol. The summed E-state index contributed by atoms with van der Waals surface area (Å²) in [5.41, 5.74) is 8.54. The van der Waals surface area contributed by atoms with E-state index in [9.17, 15) is 0 Å². The molecule has 1 aromatic heterocycles. The molecule has 2 N–H and O–H groups in total. The summed E-state index contributed by atoms with van der Waals surface area (Å²) in [5, 5.41) is 9.00. The van der Waals surface area contributed by atoms with Crippen molar-refractivity contribution in [2.75, 3.05) is 17.2 Å². The molecular formula is C14H16N4S. The fourth-order valence-corrected chi connectivity index (χ4v) is 3.79. The Morgan fingerprint density at radius 3 is 2.95 bits per heavy atom. The van der Waals surface area contributed by atoms with E-state index >= 15 is 0 Å². The number of hydrogen-bond acceptors (Lipinski definition) is 4. The number of rotatable bonds is 2. The average Bonchev–Trinajstić information content (AvgIpc) is 2.76. The minimum atomic E-state index is 0.559. The van der Waals surface area contributed by atoms with Crippen LogP contribution in [-0.4, -0.2) is 21.1 Å². The molecule has 0 aliphatic carbocycles. The van der Waals surface area contributed by atoms with Crippen molar-refractivity contribution in [1.82, 2.24) is 9.55 Å². The number of nitrogens with two attached hydrogens (primary N) is 1. The highest BCUT2D eigenvalue weighted by Crippen LogP contribution is 2.27. The van der Waals surface area contributed by atoms with Crippen molar-refractivity contribution in [2.24, 2.45) is 5.92 Å². The van der Waals surface area contributed by atoms with Gasteiger partial charge < -0.3 is 10.3 Å². The molecular weight excluding hydrogens is 256 g/mol. The largest absolute Gasteiger partial charge is 0.369 e. The molecule has 1 aliphatic heterocycles. The van der Waals surface area contributed by atoms with E-state index in [4.69, 9.17) is 11.0 Å². The summed E-state index contributed by atoms with van der Waals surface area (Å²) in [6, 6.07) is 7.72. The molecule has 0 unspecified atom stereocenters. The third-order valence-electron chi connectivity index (χ3n) is 3.69. The molecule has 19 heavy (non-hydrogen) atoms. The van der Waals surface area contributed by atoms with Crippen LogP contribution < -0.4 is 5.73 Å². The van der Waals surface area contributed by atoms with Crippen LogP contribution in [-0.2, 0) is 6.54 Å². The Morgan fingerprint density at radius 1 is 1.42 bits per heavy atom. The molecule has 1 saturated heterocycles. The molecule has 4 nitrogen and oxygen atoms in total. The third kappa shape index (κ3) is 2.41. The second-order valence-corrected chi connectivity index (χ2v) is 6.18. The Bertz CT molecular complexity index is 635. The Kier molecular flexibility index (Phi) is 3.34. The molecule has 0 atom stereocenters. The van der Waals surface area contributed by atoms with E-state index < -0.39 is 0 Å². The van der Waals surface area contributed by atoms with Crippen LogP contribution in [0.2, 0.25) is 0 Å². The number of benzene rings is 1. The van der Waals surface area contributed by atoms with Crippen molar-refractivity contribution in [3.63, 3.8) is 0 Å². The van der Waals surface area contributed by atoms with Crippen molar-refractivity contribution in [1.29, 1.82) is 5.26 Å². The molecule has 1 aliphatic rings. The predicted molar refractivity (Wildman–Crippen MR) is 78.9 cm³/mol. The van der Waals surface area contributed by atoms with Crippen LogP contribution in [0, 0.1) is 17.2 Å². The van der Waals surface area contributed by atoms with Crippen LogP contribution in [0.15, 0.2) is 18.2 Å². The first-order chi connectivity index (χ1) is 9.28. The molecule has 3 rings (SSSR count). The Hall–Kier alpha value is -1.67. The smallest absolute Gasteiger partial charge is 0.201 e. The number of anilines is 1. The average molecular weight is 272 g/mol. The van der Waals surface area contributed by atoms with Crippen molar-refractivity contribution in [2.45, 2.75) is 19.4 Å². The molecule has 0 spiro atoms. The second kappa shape index (κ2) is 5.14. The number of nitrogen functional groups attached to an aromatic ring is 1. The highest BCUT2D eigenvalue weighted by Gasteiger charge is 2.17. The van der Waals surface area contributed by atoms with Crippen molar-refractivity contribution in [3.05, 3.63) is 23.8 Å². The van der Waals surface area contributed by atoms with Gasteiger partial charge in [-0.2, -0.15) is 17.0 Å². The van der Waals surface area contributed by atoms with Crippen LogP contribution in [0.3, 0.4) is 0 Å². The first-order valence-electron chi connectivity index (χ1n) is 6.51. The molecule has 0 saturated carbocycles. The normalized spacial score (nSPS) is 16.6. The summed E-state index contributed by atoms with van der Waals surface area (Å²) in [4.78, 5) is 4.38. The van der Waals surface area contributed by atoms with Gasteiger partial charge in [-0.05, 0) is 48.5 Å². The Balaban J connectivity index is 1.97. The number of nitrogens with zero attached hydrogens (tertiary/aromatic N) is 3. The quantitative estimate of drug-likeness (QED) is 0.912. The molecule has 0 amide bonds. The molecule has 98 valence electrons. The Labute approximate surface area is 116 Å². The van der Waals surface area contributed by atoms with Crippen LogP contribution in [0.4, 0.5) is 5.95 Å². The van der Waals surface area contributed by atoms with E-state index in [1.54, 1.807) is 6.07 Å². The van der Waals surface area contributed by atoms with E-state index in [0.717, 1.165) is 17.6 Å². The van der Waals surface area contributed by atoms with Gasteiger partial charge in [-0.3, -0.25) is 0 Å². The SMILES string of the molecule is N#Cc1ccc2nc(N)n(CC3CCSCC3)c2c1. The van der Waals surface area contributed by atoms with E-state index in [-0.39, 0.29) is 0 Å². The zero-order chi connectivity index (χ0) is 13.2. The lowest BCUT2D eigenvalue weighted by Gasteiger charge is -2.22. The van der Waals surface area contributed by atoms with Gasteiger partial charge in [-0.25, -0.2) is 4.98 Å². The maximum Gasteiger partial charge on any atom is 0.201 e.